The van der Waals surface area contributed by atoms with Gasteiger partial charge in [0.1, 0.15) is 11.9 Å². The Bertz CT molecular complexity index is 1030. The molecule has 1 aromatic carbocycles. The molecule has 2 aromatic rings. The van der Waals surface area contributed by atoms with Crippen LogP contribution in [0.3, 0.4) is 0 Å². The SMILES string of the molecule is CC[C@@H](NC(=O)[C@H](CC(C)(F)F)NC(=O)N1CCOCC1)C(=O)c1noc(-c2ccc(F)cc2)n1. The molecule has 3 amide bonds. The summed E-state index contributed by atoms with van der Waals surface area (Å²) in [6.45, 7) is 3.34. The fraction of sp³-hybridized carbons (Fsp3) is 0.500. The summed E-state index contributed by atoms with van der Waals surface area (Å²) in [4.78, 5) is 43.5. The van der Waals surface area contributed by atoms with E-state index in [2.05, 4.69) is 20.8 Å². The summed E-state index contributed by atoms with van der Waals surface area (Å²) in [6, 6.07) is 1.72. The average Bonchev–Trinajstić information content (AvgIpc) is 3.32. The quantitative estimate of drug-likeness (QED) is 0.510. The fourth-order valence-corrected chi connectivity index (χ4v) is 3.39. The second-order valence-corrected chi connectivity index (χ2v) is 8.14. The second kappa shape index (κ2) is 11.3. The number of amides is 3. The van der Waals surface area contributed by atoms with Crippen molar-refractivity contribution in [1.29, 1.82) is 0 Å². The van der Waals surface area contributed by atoms with Crippen LogP contribution < -0.4 is 10.6 Å². The zero-order valence-corrected chi connectivity index (χ0v) is 19.2. The number of nitrogens with one attached hydrogen (secondary N) is 2. The Morgan fingerprint density at radius 2 is 1.77 bits per heavy atom. The van der Waals surface area contributed by atoms with Gasteiger partial charge in [-0.2, -0.15) is 4.98 Å². The van der Waals surface area contributed by atoms with Gasteiger partial charge in [0.15, 0.2) is 0 Å². The van der Waals surface area contributed by atoms with E-state index in [1.807, 2.05) is 0 Å². The third kappa shape index (κ3) is 7.25. The highest BCUT2D eigenvalue weighted by Crippen LogP contribution is 2.20. The van der Waals surface area contributed by atoms with Crippen LogP contribution in [-0.4, -0.2) is 77.1 Å². The Balaban J connectivity index is 1.70. The van der Waals surface area contributed by atoms with E-state index in [1.165, 1.54) is 29.2 Å². The van der Waals surface area contributed by atoms with E-state index in [9.17, 15) is 27.6 Å². The summed E-state index contributed by atoms with van der Waals surface area (Å²) in [5.74, 6) is -5.76. The molecule has 13 heteroatoms. The maximum Gasteiger partial charge on any atom is 0.318 e. The van der Waals surface area contributed by atoms with Crippen LogP contribution in [0.1, 0.15) is 37.3 Å². The highest BCUT2D eigenvalue weighted by molar-refractivity contribution is 6.00. The van der Waals surface area contributed by atoms with Crippen LogP contribution >= 0.6 is 0 Å². The molecular formula is C22H26F3N5O5. The number of benzene rings is 1. The highest BCUT2D eigenvalue weighted by atomic mass is 19.3. The number of nitrogens with zero attached hydrogens (tertiary/aromatic N) is 3. The fourth-order valence-electron chi connectivity index (χ4n) is 3.39. The van der Waals surface area contributed by atoms with E-state index in [0.717, 1.165) is 0 Å². The summed E-state index contributed by atoms with van der Waals surface area (Å²) in [5.41, 5.74) is 0.381. The number of rotatable bonds is 9. The molecule has 1 aliphatic heterocycles. The van der Waals surface area contributed by atoms with Crippen molar-refractivity contribution >= 4 is 17.7 Å². The van der Waals surface area contributed by atoms with Crippen LogP contribution in [0.4, 0.5) is 18.0 Å². The molecule has 1 aliphatic rings. The lowest BCUT2D eigenvalue weighted by molar-refractivity contribution is -0.125. The number of morpholine rings is 1. The molecule has 190 valence electrons. The van der Waals surface area contributed by atoms with Gasteiger partial charge in [-0.15, -0.1) is 0 Å². The summed E-state index contributed by atoms with van der Waals surface area (Å²) < 4.78 is 50.9. The van der Waals surface area contributed by atoms with Gasteiger partial charge < -0.3 is 24.8 Å². The van der Waals surface area contributed by atoms with Gasteiger partial charge >= 0.3 is 6.03 Å². The highest BCUT2D eigenvalue weighted by Gasteiger charge is 2.35. The Morgan fingerprint density at radius 1 is 1.11 bits per heavy atom. The zero-order valence-electron chi connectivity index (χ0n) is 19.2. The summed E-state index contributed by atoms with van der Waals surface area (Å²) >= 11 is 0. The van der Waals surface area contributed by atoms with E-state index in [-0.39, 0.29) is 31.2 Å². The van der Waals surface area contributed by atoms with Crippen LogP contribution in [0.15, 0.2) is 28.8 Å². The Morgan fingerprint density at radius 3 is 2.37 bits per heavy atom. The van der Waals surface area contributed by atoms with Crippen molar-refractivity contribution in [3.8, 4) is 11.5 Å². The third-order valence-corrected chi connectivity index (χ3v) is 5.25. The van der Waals surface area contributed by atoms with Crippen LogP contribution in [0.2, 0.25) is 0 Å². The number of carbonyl (C=O) groups excluding carboxylic acids is 3. The molecule has 0 bridgehead atoms. The molecule has 0 radical (unpaired) electrons. The molecule has 2 N–H and O–H groups in total. The number of aromatic nitrogens is 2. The number of ether oxygens (including phenoxy) is 1. The van der Waals surface area contributed by atoms with Gasteiger partial charge in [0.25, 0.3) is 5.89 Å². The van der Waals surface area contributed by atoms with Crippen molar-refractivity contribution in [3.05, 3.63) is 35.9 Å². The second-order valence-electron chi connectivity index (χ2n) is 8.14. The number of alkyl halides is 2. The van der Waals surface area contributed by atoms with Gasteiger partial charge in [-0.05, 0) is 37.6 Å². The number of ketones is 1. The largest absolute Gasteiger partial charge is 0.378 e. The number of halogens is 3. The maximum absolute atomic E-state index is 13.8. The van der Waals surface area contributed by atoms with Crippen molar-refractivity contribution < 1.29 is 36.8 Å². The molecule has 1 saturated heterocycles. The first-order chi connectivity index (χ1) is 16.6. The van der Waals surface area contributed by atoms with E-state index < -0.39 is 48.0 Å². The minimum absolute atomic E-state index is 0.0317. The summed E-state index contributed by atoms with van der Waals surface area (Å²) in [7, 11) is 0. The van der Waals surface area contributed by atoms with E-state index >= 15 is 0 Å². The number of Topliss-reactive ketones (excluding diaryl/α,β-unsaturated/α-hetero) is 1. The lowest BCUT2D eigenvalue weighted by Gasteiger charge is -2.30. The van der Waals surface area contributed by atoms with Gasteiger partial charge in [-0.25, -0.2) is 18.0 Å². The predicted octanol–water partition coefficient (Wildman–Crippen LogP) is 2.41. The molecule has 0 aliphatic carbocycles. The number of hydrogen-bond acceptors (Lipinski definition) is 7. The first-order valence-electron chi connectivity index (χ1n) is 11.0. The molecule has 35 heavy (non-hydrogen) atoms. The van der Waals surface area contributed by atoms with E-state index in [0.29, 0.717) is 25.7 Å². The maximum atomic E-state index is 13.8. The van der Waals surface area contributed by atoms with Crippen LogP contribution in [-0.2, 0) is 9.53 Å². The third-order valence-electron chi connectivity index (χ3n) is 5.25. The van der Waals surface area contributed by atoms with Crippen molar-refractivity contribution in [2.75, 3.05) is 26.3 Å². The Kier molecular flexibility index (Phi) is 8.43. The molecule has 2 atom stereocenters. The molecule has 0 saturated carbocycles. The van der Waals surface area contributed by atoms with Crippen molar-refractivity contribution in [2.45, 2.75) is 44.7 Å². The van der Waals surface area contributed by atoms with Crippen LogP contribution in [0, 0.1) is 5.82 Å². The van der Waals surface area contributed by atoms with Crippen LogP contribution in [0.25, 0.3) is 11.5 Å². The van der Waals surface area contributed by atoms with E-state index in [4.69, 9.17) is 9.26 Å². The molecule has 1 fully saturated rings. The molecule has 3 rings (SSSR count). The average molecular weight is 497 g/mol. The standard InChI is InChI=1S/C22H26F3N5O5/c1-3-15(17(31)18-28-20(35-29-18)13-4-6-14(23)7-5-13)26-19(32)16(12-22(2,24)25)27-21(33)30-8-10-34-11-9-30/h4-7,15-16H,3,8-12H2,1-2H3,(H,26,32)(H,27,33)/t15-,16+/m1/s1. The van der Waals surface area contributed by atoms with E-state index in [1.54, 1.807) is 6.92 Å². The number of hydrogen-bond donors (Lipinski definition) is 2. The predicted molar refractivity (Wildman–Crippen MR) is 116 cm³/mol. The monoisotopic (exact) mass is 497 g/mol. The van der Waals surface area contributed by atoms with Crippen LogP contribution in [0.5, 0.6) is 0 Å². The summed E-state index contributed by atoms with van der Waals surface area (Å²) in [5, 5.41) is 8.35. The normalized spacial score (nSPS) is 15.9. The lowest BCUT2D eigenvalue weighted by Crippen LogP contribution is -2.56. The van der Waals surface area contributed by atoms with Gasteiger partial charge in [-0.3, -0.25) is 9.59 Å². The molecular weight excluding hydrogens is 471 g/mol. The molecule has 0 spiro atoms. The van der Waals surface area contributed by atoms with Gasteiger partial charge in [0.2, 0.25) is 23.4 Å². The first kappa shape index (κ1) is 26.1. The van der Waals surface area contributed by atoms with Crippen molar-refractivity contribution in [2.24, 2.45) is 0 Å². The Labute approximate surface area is 199 Å². The molecule has 2 heterocycles. The molecule has 10 nitrogen and oxygen atoms in total. The smallest absolute Gasteiger partial charge is 0.318 e. The Hall–Kier alpha value is -3.48. The minimum atomic E-state index is -3.26. The number of urea groups is 1. The zero-order chi connectivity index (χ0) is 25.6. The molecule has 1 aromatic heterocycles. The van der Waals surface area contributed by atoms with Gasteiger partial charge in [0, 0.05) is 25.1 Å². The first-order valence-corrected chi connectivity index (χ1v) is 11.0. The minimum Gasteiger partial charge on any atom is -0.378 e. The lowest BCUT2D eigenvalue weighted by atomic mass is 10.1. The van der Waals surface area contributed by atoms with Gasteiger partial charge in [-0.1, -0.05) is 12.1 Å². The van der Waals surface area contributed by atoms with Crippen molar-refractivity contribution in [1.82, 2.24) is 25.7 Å². The van der Waals surface area contributed by atoms with Gasteiger partial charge in [0.05, 0.1) is 19.3 Å². The van der Waals surface area contributed by atoms with Crippen molar-refractivity contribution in [3.63, 3.8) is 0 Å². The number of carbonyl (C=O) groups is 3. The topological polar surface area (TPSA) is 127 Å². The summed E-state index contributed by atoms with van der Waals surface area (Å²) in [6.07, 6.45) is -0.867. The molecule has 0 unspecified atom stereocenters.